The molecule has 2 N–H and O–H groups in total. The third-order valence-electron chi connectivity index (χ3n) is 1.86. The van der Waals surface area contributed by atoms with Crippen LogP contribution in [-0.2, 0) is 4.79 Å². The summed E-state index contributed by atoms with van der Waals surface area (Å²) in [5, 5.41) is 4.58. The Bertz CT molecular complexity index is 404. The zero-order chi connectivity index (χ0) is 12.8. The van der Waals surface area contributed by atoms with Crippen LogP contribution in [0, 0.1) is 0 Å². The predicted octanol–water partition coefficient (Wildman–Crippen LogP) is 0.663. The molecule has 17 heavy (non-hydrogen) atoms. The topological polar surface area (TPSA) is 61.4 Å². The highest BCUT2D eigenvalue weighted by molar-refractivity contribution is 6.30. The van der Waals surface area contributed by atoms with Gasteiger partial charge in [0, 0.05) is 24.7 Å². The van der Waals surface area contributed by atoms with E-state index in [1.807, 2.05) is 0 Å². The number of nitrogens with zero attached hydrogens (tertiary/aromatic N) is 1. The highest BCUT2D eigenvalue weighted by Crippen LogP contribution is 2.08. The molecule has 0 fully saturated rings. The van der Waals surface area contributed by atoms with Gasteiger partial charge in [-0.25, -0.2) is 5.01 Å². The van der Waals surface area contributed by atoms with Crippen molar-refractivity contribution in [2.75, 3.05) is 20.6 Å². The lowest BCUT2D eigenvalue weighted by atomic mass is 10.2. The van der Waals surface area contributed by atoms with E-state index in [2.05, 4.69) is 10.7 Å². The molecule has 5 nitrogen and oxygen atoms in total. The fraction of sp³-hybridized carbons (Fsp3) is 0.273. The van der Waals surface area contributed by atoms with Crippen molar-refractivity contribution in [3.63, 3.8) is 0 Å². The molecular formula is C11H14ClN3O2. The van der Waals surface area contributed by atoms with Crippen LogP contribution in [0.2, 0.25) is 5.02 Å². The summed E-state index contributed by atoms with van der Waals surface area (Å²) in [7, 11) is 3.39. The Labute approximate surface area is 105 Å². The molecule has 0 saturated heterocycles. The molecule has 0 aliphatic heterocycles. The zero-order valence-corrected chi connectivity index (χ0v) is 10.4. The second kappa shape index (κ2) is 6.22. The van der Waals surface area contributed by atoms with Gasteiger partial charge in [0.2, 0.25) is 0 Å². The minimum atomic E-state index is -0.310. The molecule has 2 amide bonds. The van der Waals surface area contributed by atoms with Crippen LogP contribution >= 0.6 is 11.6 Å². The van der Waals surface area contributed by atoms with E-state index in [9.17, 15) is 9.59 Å². The van der Waals surface area contributed by atoms with E-state index in [1.54, 1.807) is 38.4 Å². The van der Waals surface area contributed by atoms with Gasteiger partial charge < -0.3 is 5.32 Å². The van der Waals surface area contributed by atoms with Crippen LogP contribution in [0.5, 0.6) is 0 Å². The zero-order valence-electron chi connectivity index (χ0n) is 9.66. The standard InChI is InChI=1S/C11H14ClN3O2/c1-15(2)14-10(16)7-13-11(17)8-3-5-9(12)6-4-8/h3-6H,7H2,1-2H3,(H,13,17)(H,14,16). The summed E-state index contributed by atoms with van der Waals surface area (Å²) in [6.07, 6.45) is 0. The molecule has 0 unspecified atom stereocenters. The van der Waals surface area contributed by atoms with Crippen molar-refractivity contribution in [3.8, 4) is 0 Å². The van der Waals surface area contributed by atoms with Gasteiger partial charge in [0.05, 0.1) is 6.54 Å². The van der Waals surface area contributed by atoms with E-state index in [4.69, 9.17) is 11.6 Å². The average Bonchev–Trinajstić information content (AvgIpc) is 2.26. The summed E-state index contributed by atoms with van der Waals surface area (Å²) in [5.41, 5.74) is 2.98. The molecule has 0 aromatic heterocycles. The molecule has 0 aliphatic carbocycles. The first-order valence-electron chi connectivity index (χ1n) is 4.99. The average molecular weight is 256 g/mol. The summed E-state index contributed by atoms with van der Waals surface area (Å²) in [6.45, 7) is -0.0698. The molecule has 1 aromatic carbocycles. The largest absolute Gasteiger partial charge is 0.343 e. The molecule has 0 bridgehead atoms. The monoisotopic (exact) mass is 255 g/mol. The van der Waals surface area contributed by atoms with E-state index in [0.717, 1.165) is 0 Å². The predicted molar refractivity (Wildman–Crippen MR) is 65.6 cm³/mol. The van der Waals surface area contributed by atoms with Gasteiger partial charge >= 0.3 is 0 Å². The van der Waals surface area contributed by atoms with Crippen molar-refractivity contribution in [1.29, 1.82) is 0 Å². The van der Waals surface area contributed by atoms with Gasteiger partial charge in [0.15, 0.2) is 0 Å². The first-order chi connectivity index (χ1) is 7.99. The molecule has 0 spiro atoms. The van der Waals surface area contributed by atoms with Gasteiger partial charge in [-0.15, -0.1) is 0 Å². The number of carbonyl (C=O) groups excluding carboxylic acids is 2. The summed E-state index contributed by atoms with van der Waals surface area (Å²) < 4.78 is 0. The van der Waals surface area contributed by atoms with Gasteiger partial charge in [-0.05, 0) is 24.3 Å². The number of carbonyl (C=O) groups is 2. The summed E-state index contributed by atoms with van der Waals surface area (Å²) in [6, 6.07) is 6.44. The van der Waals surface area contributed by atoms with Crippen LogP contribution in [0.15, 0.2) is 24.3 Å². The highest BCUT2D eigenvalue weighted by atomic mass is 35.5. The van der Waals surface area contributed by atoms with E-state index in [1.165, 1.54) is 5.01 Å². The van der Waals surface area contributed by atoms with Crippen molar-refractivity contribution in [3.05, 3.63) is 34.9 Å². The number of nitrogens with one attached hydrogen (secondary N) is 2. The third-order valence-corrected chi connectivity index (χ3v) is 2.12. The van der Waals surface area contributed by atoms with Crippen molar-refractivity contribution in [2.24, 2.45) is 0 Å². The van der Waals surface area contributed by atoms with Gasteiger partial charge in [0.1, 0.15) is 0 Å². The van der Waals surface area contributed by atoms with Crippen LogP contribution in [0.25, 0.3) is 0 Å². The Hall–Kier alpha value is -1.59. The van der Waals surface area contributed by atoms with Crippen LogP contribution in [0.3, 0.4) is 0 Å². The van der Waals surface area contributed by atoms with Crippen molar-refractivity contribution >= 4 is 23.4 Å². The maximum absolute atomic E-state index is 11.6. The normalized spacial score (nSPS) is 10.1. The fourth-order valence-corrected chi connectivity index (χ4v) is 1.28. The van der Waals surface area contributed by atoms with Crippen LogP contribution < -0.4 is 10.7 Å². The fourth-order valence-electron chi connectivity index (χ4n) is 1.15. The van der Waals surface area contributed by atoms with E-state index in [0.29, 0.717) is 10.6 Å². The quantitative estimate of drug-likeness (QED) is 0.777. The molecule has 6 heteroatoms. The molecule has 0 aliphatic rings. The Morgan fingerprint density at radius 1 is 1.24 bits per heavy atom. The molecular weight excluding hydrogens is 242 g/mol. The maximum atomic E-state index is 11.6. The minimum Gasteiger partial charge on any atom is -0.343 e. The number of amides is 2. The number of hydrogen-bond acceptors (Lipinski definition) is 3. The highest BCUT2D eigenvalue weighted by Gasteiger charge is 2.07. The third kappa shape index (κ3) is 4.84. The minimum absolute atomic E-state index is 0.0698. The van der Waals surface area contributed by atoms with Gasteiger partial charge in [0.25, 0.3) is 11.8 Å². The van der Waals surface area contributed by atoms with Crippen molar-refractivity contribution in [1.82, 2.24) is 15.8 Å². The maximum Gasteiger partial charge on any atom is 0.253 e. The number of hydrazine groups is 1. The summed E-state index contributed by atoms with van der Waals surface area (Å²) >= 11 is 5.70. The first kappa shape index (κ1) is 13.5. The number of benzene rings is 1. The Morgan fingerprint density at radius 2 is 1.82 bits per heavy atom. The molecule has 0 saturated carbocycles. The van der Waals surface area contributed by atoms with Crippen molar-refractivity contribution in [2.45, 2.75) is 0 Å². The molecule has 1 aromatic rings. The second-order valence-corrected chi connectivity index (χ2v) is 4.06. The van der Waals surface area contributed by atoms with Crippen LogP contribution in [0.4, 0.5) is 0 Å². The van der Waals surface area contributed by atoms with E-state index < -0.39 is 0 Å². The summed E-state index contributed by atoms with van der Waals surface area (Å²) in [4.78, 5) is 22.9. The lowest BCUT2D eigenvalue weighted by Gasteiger charge is -2.12. The Balaban J connectivity index is 2.45. The Kier molecular flexibility index (Phi) is 4.93. The van der Waals surface area contributed by atoms with Crippen LogP contribution in [0.1, 0.15) is 10.4 Å². The smallest absolute Gasteiger partial charge is 0.253 e. The number of hydrogen-bond donors (Lipinski definition) is 2. The molecule has 0 atom stereocenters. The Morgan fingerprint density at radius 3 is 2.35 bits per heavy atom. The molecule has 0 radical (unpaired) electrons. The lowest BCUT2D eigenvalue weighted by Crippen LogP contribution is -2.43. The number of halogens is 1. The van der Waals surface area contributed by atoms with Crippen LogP contribution in [-0.4, -0.2) is 37.5 Å². The second-order valence-electron chi connectivity index (χ2n) is 3.62. The lowest BCUT2D eigenvalue weighted by molar-refractivity contribution is -0.123. The van der Waals surface area contributed by atoms with E-state index in [-0.39, 0.29) is 18.4 Å². The first-order valence-corrected chi connectivity index (χ1v) is 5.37. The molecule has 0 heterocycles. The molecule has 92 valence electrons. The summed E-state index contributed by atoms with van der Waals surface area (Å²) in [5.74, 6) is -0.590. The van der Waals surface area contributed by atoms with E-state index >= 15 is 0 Å². The van der Waals surface area contributed by atoms with Gasteiger partial charge in [-0.3, -0.25) is 15.0 Å². The molecule has 1 rings (SSSR count). The van der Waals surface area contributed by atoms with Gasteiger partial charge in [-0.1, -0.05) is 11.6 Å². The van der Waals surface area contributed by atoms with Crippen molar-refractivity contribution < 1.29 is 9.59 Å². The van der Waals surface area contributed by atoms with Gasteiger partial charge in [-0.2, -0.15) is 0 Å². The number of rotatable bonds is 4. The SMILES string of the molecule is CN(C)NC(=O)CNC(=O)c1ccc(Cl)cc1.